The topological polar surface area (TPSA) is 49.3 Å². The summed E-state index contributed by atoms with van der Waals surface area (Å²) in [5, 5.41) is 0. The minimum atomic E-state index is 0.0650. The van der Waals surface area contributed by atoms with Gasteiger partial charge in [0.25, 0.3) is 5.91 Å². The van der Waals surface area contributed by atoms with Crippen LogP contribution in [0.1, 0.15) is 39.4 Å². The first-order valence-electron chi connectivity index (χ1n) is 8.09. The third-order valence-corrected chi connectivity index (χ3v) is 4.61. The molecule has 3 heterocycles. The van der Waals surface area contributed by atoms with Gasteiger partial charge < -0.3 is 9.80 Å². The van der Waals surface area contributed by atoms with Crippen LogP contribution < -0.4 is 4.90 Å². The van der Waals surface area contributed by atoms with E-state index in [4.69, 9.17) is 0 Å². The molecule has 0 N–H and O–H groups in total. The number of carbonyl (C=O) groups is 1. The quantitative estimate of drug-likeness (QED) is 0.855. The van der Waals surface area contributed by atoms with Crippen LogP contribution in [-0.2, 0) is 13.1 Å². The summed E-state index contributed by atoms with van der Waals surface area (Å²) in [5.41, 5.74) is 4.02. The molecule has 23 heavy (non-hydrogen) atoms. The molecule has 5 heteroatoms. The van der Waals surface area contributed by atoms with E-state index in [9.17, 15) is 4.79 Å². The molecule has 0 spiro atoms. The van der Waals surface area contributed by atoms with Crippen LogP contribution in [0.5, 0.6) is 0 Å². The zero-order valence-electron chi connectivity index (χ0n) is 13.5. The molecule has 118 valence electrons. The Morgan fingerprint density at radius 1 is 1.04 bits per heavy atom. The van der Waals surface area contributed by atoms with Gasteiger partial charge in [-0.05, 0) is 32.4 Å². The summed E-state index contributed by atoms with van der Waals surface area (Å²) in [6.07, 6.45) is 1.21. The fourth-order valence-corrected chi connectivity index (χ4v) is 3.17. The first kappa shape index (κ1) is 14.2. The van der Waals surface area contributed by atoms with Gasteiger partial charge in [0, 0.05) is 24.2 Å². The lowest BCUT2D eigenvalue weighted by Gasteiger charge is -2.33. The van der Waals surface area contributed by atoms with Gasteiger partial charge in [-0.1, -0.05) is 17.7 Å². The van der Waals surface area contributed by atoms with Gasteiger partial charge in [0.1, 0.15) is 11.6 Å². The second-order valence-corrected chi connectivity index (χ2v) is 6.39. The SMILES string of the molecule is Cc1ccc(C(=O)N2Cc3nc(C)nc(N4CCC4)c3C2)cc1. The Hall–Kier alpha value is -2.43. The highest BCUT2D eigenvalue weighted by atomic mass is 16.2. The van der Waals surface area contributed by atoms with Crippen molar-refractivity contribution in [2.45, 2.75) is 33.4 Å². The van der Waals surface area contributed by atoms with Gasteiger partial charge in [0.15, 0.2) is 0 Å². The number of anilines is 1. The van der Waals surface area contributed by atoms with Crippen molar-refractivity contribution in [1.82, 2.24) is 14.9 Å². The van der Waals surface area contributed by atoms with Gasteiger partial charge >= 0.3 is 0 Å². The van der Waals surface area contributed by atoms with Crippen LogP contribution in [0, 0.1) is 13.8 Å². The highest BCUT2D eigenvalue weighted by molar-refractivity contribution is 5.94. The number of hydrogen-bond donors (Lipinski definition) is 0. The van der Waals surface area contributed by atoms with Crippen molar-refractivity contribution in [3.05, 3.63) is 52.5 Å². The molecule has 0 unspecified atom stereocenters. The Bertz CT molecular complexity index is 765. The molecule has 2 aromatic rings. The number of aryl methyl sites for hydroxylation is 2. The largest absolute Gasteiger partial charge is 0.356 e. The lowest BCUT2D eigenvalue weighted by molar-refractivity contribution is 0.0750. The van der Waals surface area contributed by atoms with Crippen molar-refractivity contribution < 1.29 is 4.79 Å². The van der Waals surface area contributed by atoms with Crippen LogP contribution in [0.4, 0.5) is 5.82 Å². The predicted octanol–water partition coefficient (Wildman–Crippen LogP) is 2.46. The molecule has 0 radical (unpaired) electrons. The predicted molar refractivity (Wildman–Crippen MR) is 88.4 cm³/mol. The maximum Gasteiger partial charge on any atom is 0.254 e. The van der Waals surface area contributed by atoms with E-state index < -0.39 is 0 Å². The van der Waals surface area contributed by atoms with Gasteiger partial charge in [-0.15, -0.1) is 0 Å². The maximum atomic E-state index is 12.7. The van der Waals surface area contributed by atoms with E-state index in [-0.39, 0.29) is 5.91 Å². The van der Waals surface area contributed by atoms with Crippen LogP contribution >= 0.6 is 0 Å². The monoisotopic (exact) mass is 308 g/mol. The molecule has 1 fully saturated rings. The van der Waals surface area contributed by atoms with Crippen LogP contribution in [0.15, 0.2) is 24.3 Å². The molecule has 2 aliphatic rings. The van der Waals surface area contributed by atoms with Crippen molar-refractivity contribution >= 4 is 11.7 Å². The second kappa shape index (κ2) is 5.33. The Morgan fingerprint density at radius 3 is 2.43 bits per heavy atom. The Balaban J connectivity index is 1.62. The van der Waals surface area contributed by atoms with Gasteiger partial charge in [-0.2, -0.15) is 0 Å². The summed E-state index contributed by atoms with van der Waals surface area (Å²) in [6.45, 7) is 7.23. The van der Waals surface area contributed by atoms with Crippen molar-refractivity contribution in [1.29, 1.82) is 0 Å². The molecule has 0 bridgehead atoms. The van der Waals surface area contributed by atoms with E-state index in [1.165, 1.54) is 6.42 Å². The van der Waals surface area contributed by atoms with Crippen LogP contribution in [0.3, 0.4) is 0 Å². The van der Waals surface area contributed by atoms with Crippen molar-refractivity contribution in [2.75, 3.05) is 18.0 Å². The summed E-state index contributed by atoms with van der Waals surface area (Å²) >= 11 is 0. The molecule has 2 aliphatic heterocycles. The third-order valence-electron chi connectivity index (χ3n) is 4.61. The highest BCUT2D eigenvalue weighted by Gasteiger charge is 2.31. The molecule has 0 saturated carbocycles. The van der Waals surface area contributed by atoms with Crippen molar-refractivity contribution in [3.8, 4) is 0 Å². The van der Waals surface area contributed by atoms with Gasteiger partial charge in [-0.3, -0.25) is 4.79 Å². The van der Waals surface area contributed by atoms with Gasteiger partial charge in [0.2, 0.25) is 0 Å². The molecular weight excluding hydrogens is 288 g/mol. The fourth-order valence-electron chi connectivity index (χ4n) is 3.17. The molecule has 5 nitrogen and oxygen atoms in total. The molecule has 1 amide bonds. The number of fused-ring (bicyclic) bond motifs is 1. The van der Waals surface area contributed by atoms with Crippen LogP contribution in [-0.4, -0.2) is 33.9 Å². The van der Waals surface area contributed by atoms with E-state index in [2.05, 4.69) is 14.9 Å². The molecule has 1 aromatic carbocycles. The van der Waals surface area contributed by atoms with Crippen LogP contribution in [0.25, 0.3) is 0 Å². The molecule has 4 rings (SSSR count). The molecular formula is C18H20N4O. The van der Waals surface area contributed by atoms with Gasteiger partial charge in [-0.25, -0.2) is 9.97 Å². The van der Waals surface area contributed by atoms with E-state index in [0.29, 0.717) is 13.1 Å². The average Bonchev–Trinajstić information content (AvgIpc) is 2.89. The lowest BCUT2D eigenvalue weighted by atomic mass is 10.1. The summed E-state index contributed by atoms with van der Waals surface area (Å²) in [5.74, 6) is 1.88. The number of rotatable bonds is 2. The molecule has 0 aliphatic carbocycles. The third kappa shape index (κ3) is 2.46. The Kier molecular flexibility index (Phi) is 3.29. The van der Waals surface area contributed by atoms with Crippen molar-refractivity contribution in [3.63, 3.8) is 0 Å². The first-order chi connectivity index (χ1) is 11.1. The number of benzene rings is 1. The number of carbonyl (C=O) groups excluding carboxylic acids is 1. The van der Waals surface area contributed by atoms with E-state index in [1.807, 2.05) is 43.0 Å². The normalized spacial score (nSPS) is 16.3. The number of nitrogens with zero attached hydrogens (tertiary/aromatic N) is 4. The molecule has 0 atom stereocenters. The van der Waals surface area contributed by atoms with E-state index >= 15 is 0 Å². The number of aromatic nitrogens is 2. The van der Waals surface area contributed by atoms with E-state index in [0.717, 1.165) is 47.1 Å². The lowest BCUT2D eigenvalue weighted by Crippen LogP contribution is -2.38. The smallest absolute Gasteiger partial charge is 0.254 e. The Morgan fingerprint density at radius 2 is 1.78 bits per heavy atom. The second-order valence-electron chi connectivity index (χ2n) is 6.39. The average molecular weight is 308 g/mol. The minimum absolute atomic E-state index is 0.0650. The molecule has 1 saturated heterocycles. The summed E-state index contributed by atoms with van der Waals surface area (Å²) in [6, 6.07) is 7.75. The van der Waals surface area contributed by atoms with Crippen LogP contribution in [0.2, 0.25) is 0 Å². The summed E-state index contributed by atoms with van der Waals surface area (Å²) in [4.78, 5) is 26.1. The number of hydrogen-bond acceptors (Lipinski definition) is 4. The Labute approximate surface area is 136 Å². The van der Waals surface area contributed by atoms with Gasteiger partial charge in [0.05, 0.1) is 18.8 Å². The molecule has 1 aromatic heterocycles. The minimum Gasteiger partial charge on any atom is -0.356 e. The standard InChI is InChI=1S/C18H20N4O/c1-12-4-6-14(7-5-12)18(23)22-10-15-16(11-22)19-13(2)20-17(15)21-8-3-9-21/h4-7H,3,8-11H2,1-2H3. The first-order valence-corrected chi connectivity index (χ1v) is 8.09. The van der Waals surface area contributed by atoms with Crippen molar-refractivity contribution in [2.24, 2.45) is 0 Å². The summed E-state index contributed by atoms with van der Waals surface area (Å²) in [7, 11) is 0. The number of amides is 1. The highest BCUT2D eigenvalue weighted by Crippen LogP contribution is 2.32. The zero-order chi connectivity index (χ0) is 16.0. The summed E-state index contributed by atoms with van der Waals surface area (Å²) < 4.78 is 0. The van der Waals surface area contributed by atoms with E-state index in [1.54, 1.807) is 0 Å². The zero-order valence-corrected chi connectivity index (χ0v) is 13.5. The fraction of sp³-hybridized carbons (Fsp3) is 0.389. The maximum absolute atomic E-state index is 12.7.